The third-order valence-corrected chi connectivity index (χ3v) is 7.45. The van der Waals surface area contributed by atoms with Crippen LogP contribution in [0.5, 0.6) is 0 Å². The fraction of sp³-hybridized carbons (Fsp3) is 0.185. The van der Waals surface area contributed by atoms with Gasteiger partial charge in [-0.1, -0.05) is 42.5 Å². The lowest BCUT2D eigenvalue weighted by Crippen LogP contribution is -2.09. The van der Waals surface area contributed by atoms with E-state index in [1.165, 1.54) is 17.4 Å². The maximum Gasteiger partial charge on any atom is 0.323 e. The minimum Gasteiger partial charge on any atom is -0.480 e. The fourth-order valence-corrected chi connectivity index (χ4v) is 5.83. The number of hydrogen-bond acceptors (Lipinski definition) is 3. The monoisotopic (exact) mass is 494 g/mol. The van der Waals surface area contributed by atoms with Gasteiger partial charge in [0.25, 0.3) is 0 Å². The number of carbonyl (C=O) groups is 1. The number of thiazole rings is 1. The van der Waals surface area contributed by atoms with Gasteiger partial charge < -0.3 is 9.67 Å². The Morgan fingerprint density at radius 1 is 0.971 bits per heavy atom. The molecule has 0 spiro atoms. The zero-order valence-corrected chi connectivity index (χ0v) is 19.6. The van der Waals surface area contributed by atoms with Crippen LogP contribution in [-0.2, 0) is 31.4 Å². The van der Waals surface area contributed by atoms with Crippen molar-refractivity contribution in [2.75, 3.05) is 0 Å². The summed E-state index contributed by atoms with van der Waals surface area (Å²) in [6.45, 7) is -1.08. The van der Waals surface area contributed by atoms with Crippen molar-refractivity contribution in [2.45, 2.75) is 33.5 Å². The fourth-order valence-electron chi connectivity index (χ4n) is 4.63. The molecule has 2 aromatic heterocycles. The standard InChI is InChI=1S/C27H21F3N2O2S/c1-15-24(27-31-25-21(13-30)18(11-28)9-19(12-29)26(25)35-27)20-8-7-17(16-5-3-2-4-6-16)10-22(20)32(15)14-23(33)34/h2-10H,11-14H2,1H3,(H,33,34). The van der Waals surface area contributed by atoms with E-state index < -0.39 is 26.0 Å². The summed E-state index contributed by atoms with van der Waals surface area (Å²) < 4.78 is 43.4. The lowest BCUT2D eigenvalue weighted by atomic mass is 10.0. The van der Waals surface area contributed by atoms with Gasteiger partial charge in [0.1, 0.15) is 31.6 Å². The number of rotatable bonds is 7. The van der Waals surface area contributed by atoms with Crippen LogP contribution in [0.15, 0.2) is 54.6 Å². The number of halogens is 3. The van der Waals surface area contributed by atoms with Crippen molar-refractivity contribution in [3.05, 3.63) is 77.0 Å². The van der Waals surface area contributed by atoms with E-state index in [1.807, 2.05) is 55.5 Å². The van der Waals surface area contributed by atoms with Gasteiger partial charge in [0.05, 0.1) is 15.7 Å². The second kappa shape index (κ2) is 9.19. The van der Waals surface area contributed by atoms with Crippen LogP contribution in [0.2, 0.25) is 0 Å². The molecule has 5 rings (SSSR count). The Hall–Kier alpha value is -3.65. The Morgan fingerprint density at radius 2 is 1.71 bits per heavy atom. The van der Waals surface area contributed by atoms with Crippen LogP contribution in [0.1, 0.15) is 22.4 Å². The van der Waals surface area contributed by atoms with Crippen LogP contribution in [0, 0.1) is 6.92 Å². The number of nitrogens with zero attached hydrogens (tertiary/aromatic N) is 2. The Balaban J connectivity index is 1.79. The van der Waals surface area contributed by atoms with Crippen LogP contribution < -0.4 is 0 Å². The van der Waals surface area contributed by atoms with E-state index in [9.17, 15) is 23.1 Å². The summed E-state index contributed by atoms with van der Waals surface area (Å²) in [6, 6.07) is 16.9. The van der Waals surface area contributed by atoms with E-state index in [4.69, 9.17) is 0 Å². The van der Waals surface area contributed by atoms with Crippen LogP contribution in [0.4, 0.5) is 13.2 Å². The first-order valence-corrected chi connectivity index (χ1v) is 11.8. The normalized spacial score (nSPS) is 11.5. The van der Waals surface area contributed by atoms with Gasteiger partial charge in [-0.3, -0.25) is 4.79 Å². The SMILES string of the molecule is Cc1c(-c2nc3c(CF)c(CF)cc(CF)c3s2)c2ccc(-c3ccccc3)cc2n1CC(=O)O. The predicted molar refractivity (Wildman–Crippen MR) is 133 cm³/mol. The number of aliphatic carboxylic acids is 1. The third kappa shape index (κ3) is 3.87. The van der Waals surface area contributed by atoms with Crippen LogP contribution in [-0.4, -0.2) is 20.6 Å². The molecule has 0 amide bonds. The molecule has 178 valence electrons. The maximum absolute atomic E-state index is 13.9. The van der Waals surface area contributed by atoms with Crippen LogP contribution in [0.25, 0.3) is 42.8 Å². The number of benzene rings is 3. The first-order valence-electron chi connectivity index (χ1n) is 11.0. The van der Waals surface area contributed by atoms with Gasteiger partial charge in [0.2, 0.25) is 0 Å². The molecule has 0 aliphatic carbocycles. The molecule has 0 fully saturated rings. The van der Waals surface area contributed by atoms with Crippen molar-refractivity contribution < 1.29 is 23.1 Å². The summed E-state index contributed by atoms with van der Waals surface area (Å²) in [7, 11) is 0. The Labute approximate surface area is 203 Å². The van der Waals surface area contributed by atoms with Gasteiger partial charge in [0.15, 0.2) is 0 Å². The zero-order chi connectivity index (χ0) is 24.7. The van der Waals surface area contributed by atoms with Gasteiger partial charge in [-0.2, -0.15) is 0 Å². The van der Waals surface area contributed by atoms with E-state index in [2.05, 4.69) is 4.98 Å². The van der Waals surface area contributed by atoms with E-state index >= 15 is 0 Å². The Morgan fingerprint density at radius 3 is 2.37 bits per heavy atom. The zero-order valence-electron chi connectivity index (χ0n) is 18.8. The molecule has 8 heteroatoms. The number of aromatic nitrogens is 2. The molecule has 2 heterocycles. The molecule has 0 unspecified atom stereocenters. The first-order chi connectivity index (χ1) is 17.0. The Kier molecular flexibility index (Phi) is 6.06. The number of alkyl halides is 3. The van der Waals surface area contributed by atoms with Crippen LogP contribution in [0.3, 0.4) is 0 Å². The highest BCUT2D eigenvalue weighted by Crippen LogP contribution is 2.42. The molecule has 0 radical (unpaired) electrons. The van der Waals surface area contributed by atoms with E-state index in [1.54, 1.807) is 4.57 Å². The van der Waals surface area contributed by atoms with E-state index in [0.29, 0.717) is 21.0 Å². The molecule has 0 aliphatic heterocycles. The molecule has 0 aliphatic rings. The molecular formula is C27H21F3N2O2S. The van der Waals surface area contributed by atoms with Crippen molar-refractivity contribution in [1.82, 2.24) is 9.55 Å². The van der Waals surface area contributed by atoms with E-state index in [-0.39, 0.29) is 28.8 Å². The molecule has 0 bridgehead atoms. The summed E-state index contributed by atoms with van der Waals surface area (Å²) in [4.78, 5) is 16.3. The lowest BCUT2D eigenvalue weighted by molar-refractivity contribution is -0.137. The van der Waals surface area contributed by atoms with Crippen molar-refractivity contribution in [2.24, 2.45) is 0 Å². The summed E-state index contributed by atoms with van der Waals surface area (Å²) in [5.41, 5.74) is 4.80. The van der Waals surface area contributed by atoms with Gasteiger partial charge in [-0.25, -0.2) is 18.2 Å². The molecule has 3 aromatic carbocycles. The summed E-state index contributed by atoms with van der Waals surface area (Å²) in [5, 5.41) is 10.9. The average Bonchev–Trinajstić information content (AvgIpc) is 3.42. The molecule has 4 nitrogen and oxygen atoms in total. The summed E-state index contributed by atoms with van der Waals surface area (Å²) in [5.74, 6) is -0.988. The summed E-state index contributed by atoms with van der Waals surface area (Å²) >= 11 is 1.21. The smallest absolute Gasteiger partial charge is 0.323 e. The maximum atomic E-state index is 13.9. The molecule has 5 aromatic rings. The minimum absolute atomic E-state index is 0.0991. The topological polar surface area (TPSA) is 55.1 Å². The molecule has 35 heavy (non-hydrogen) atoms. The average molecular weight is 495 g/mol. The third-order valence-electron chi connectivity index (χ3n) is 6.30. The van der Waals surface area contributed by atoms with Crippen molar-refractivity contribution in [1.29, 1.82) is 0 Å². The number of hydrogen-bond donors (Lipinski definition) is 1. The number of carboxylic acids is 1. The van der Waals surface area contributed by atoms with Crippen molar-refractivity contribution >= 4 is 38.4 Å². The second-order valence-electron chi connectivity index (χ2n) is 8.31. The minimum atomic E-state index is -0.988. The van der Waals surface area contributed by atoms with Gasteiger partial charge in [-0.05, 0) is 35.7 Å². The summed E-state index contributed by atoms with van der Waals surface area (Å²) in [6.07, 6.45) is 0. The predicted octanol–water partition coefficient (Wildman–Crippen LogP) is 7.39. The molecular weight excluding hydrogens is 473 g/mol. The molecule has 1 N–H and O–H groups in total. The number of carboxylic acid groups (broad SMARTS) is 1. The highest BCUT2D eigenvalue weighted by Gasteiger charge is 2.23. The lowest BCUT2D eigenvalue weighted by Gasteiger charge is -2.06. The second-order valence-corrected chi connectivity index (χ2v) is 9.31. The van der Waals surface area contributed by atoms with Crippen LogP contribution >= 0.6 is 11.3 Å². The molecule has 0 saturated heterocycles. The largest absolute Gasteiger partial charge is 0.480 e. The highest BCUT2D eigenvalue weighted by molar-refractivity contribution is 7.22. The molecule has 0 atom stereocenters. The van der Waals surface area contributed by atoms with Gasteiger partial charge in [0, 0.05) is 27.8 Å². The molecule has 0 saturated carbocycles. The van der Waals surface area contributed by atoms with Gasteiger partial charge >= 0.3 is 5.97 Å². The highest BCUT2D eigenvalue weighted by atomic mass is 32.1. The number of fused-ring (bicyclic) bond motifs is 2. The quantitative estimate of drug-likeness (QED) is 0.257. The van der Waals surface area contributed by atoms with Crippen molar-refractivity contribution in [3.8, 4) is 21.7 Å². The van der Waals surface area contributed by atoms with Crippen molar-refractivity contribution in [3.63, 3.8) is 0 Å². The first kappa shape index (κ1) is 23.1. The Bertz CT molecular complexity index is 1570. The van der Waals surface area contributed by atoms with Gasteiger partial charge in [-0.15, -0.1) is 11.3 Å². The van der Waals surface area contributed by atoms with E-state index in [0.717, 1.165) is 22.0 Å².